The Morgan fingerprint density at radius 1 is 1.50 bits per heavy atom. The Balaban J connectivity index is 1.65. The molecule has 1 amide bonds. The van der Waals surface area contributed by atoms with Crippen LogP contribution in [0.15, 0.2) is 6.20 Å². The Morgan fingerprint density at radius 3 is 2.85 bits per heavy atom. The maximum Gasteiger partial charge on any atom is 0.254 e. The quantitative estimate of drug-likeness (QED) is 0.918. The van der Waals surface area contributed by atoms with Crippen LogP contribution in [0.5, 0.6) is 0 Å². The molecule has 4 nitrogen and oxygen atoms in total. The van der Waals surface area contributed by atoms with E-state index in [1.54, 1.807) is 6.20 Å². The molecule has 1 heterocycles. The first kappa shape index (κ1) is 13.7. The van der Waals surface area contributed by atoms with Crippen LogP contribution in [0, 0.1) is 24.7 Å². The van der Waals surface area contributed by atoms with E-state index in [9.17, 15) is 4.79 Å². The number of hydrogen-bond donors (Lipinski definition) is 1. The molecule has 0 unspecified atom stereocenters. The second-order valence-electron chi connectivity index (χ2n) is 6.56. The number of aryl methyl sites for hydroxylation is 1. The molecule has 2 aliphatic rings. The van der Waals surface area contributed by atoms with Crippen molar-refractivity contribution >= 4 is 5.91 Å². The molecular formula is C16H25N3O. The van der Waals surface area contributed by atoms with Crippen LogP contribution in [0.4, 0.5) is 0 Å². The maximum atomic E-state index is 12.4. The van der Waals surface area contributed by atoms with E-state index < -0.39 is 0 Å². The Labute approximate surface area is 120 Å². The summed E-state index contributed by atoms with van der Waals surface area (Å²) in [5.74, 6) is 2.49. The van der Waals surface area contributed by atoms with Gasteiger partial charge in [0, 0.05) is 18.3 Å². The Kier molecular flexibility index (Phi) is 3.57. The van der Waals surface area contributed by atoms with Gasteiger partial charge in [-0.05, 0) is 57.8 Å². The summed E-state index contributed by atoms with van der Waals surface area (Å²) in [6, 6.07) is 0.280. The van der Waals surface area contributed by atoms with Crippen molar-refractivity contribution in [1.82, 2.24) is 15.1 Å². The van der Waals surface area contributed by atoms with E-state index in [4.69, 9.17) is 0 Å². The van der Waals surface area contributed by atoms with Gasteiger partial charge in [-0.2, -0.15) is 5.10 Å². The van der Waals surface area contributed by atoms with Crippen molar-refractivity contribution in [3.8, 4) is 0 Å². The predicted octanol–water partition coefficient (Wildman–Crippen LogP) is 2.77. The van der Waals surface area contributed by atoms with Crippen LogP contribution in [-0.2, 0) is 6.54 Å². The second kappa shape index (κ2) is 5.23. The Bertz CT molecular complexity index is 508. The van der Waals surface area contributed by atoms with Crippen molar-refractivity contribution in [3.05, 3.63) is 17.5 Å². The van der Waals surface area contributed by atoms with E-state index in [1.807, 2.05) is 18.5 Å². The molecule has 0 spiro atoms. The Morgan fingerprint density at radius 2 is 2.30 bits per heavy atom. The lowest BCUT2D eigenvalue weighted by Gasteiger charge is -2.28. The van der Waals surface area contributed by atoms with Crippen LogP contribution in [0.2, 0.25) is 0 Å². The van der Waals surface area contributed by atoms with Crippen molar-refractivity contribution in [2.75, 3.05) is 0 Å². The molecule has 4 atom stereocenters. The minimum Gasteiger partial charge on any atom is -0.349 e. The zero-order chi connectivity index (χ0) is 14.3. The molecule has 2 aliphatic carbocycles. The highest BCUT2D eigenvalue weighted by atomic mass is 16.1. The molecule has 0 aromatic carbocycles. The third kappa shape index (κ3) is 2.25. The van der Waals surface area contributed by atoms with Gasteiger partial charge in [-0.25, -0.2) is 0 Å². The summed E-state index contributed by atoms with van der Waals surface area (Å²) >= 11 is 0. The monoisotopic (exact) mass is 275 g/mol. The highest BCUT2D eigenvalue weighted by molar-refractivity contribution is 5.95. The smallest absolute Gasteiger partial charge is 0.254 e. The summed E-state index contributed by atoms with van der Waals surface area (Å²) in [6.07, 6.45) is 7.16. The topological polar surface area (TPSA) is 46.9 Å². The SMILES string of the molecule is CCn1ncc(C(=O)N[C@H](C)[C@H]2C[C@@H]3CC[C@@H]2C3)c1C. The van der Waals surface area contributed by atoms with Crippen LogP contribution in [0.3, 0.4) is 0 Å². The first-order valence-corrected chi connectivity index (χ1v) is 7.93. The molecule has 1 aromatic heterocycles. The van der Waals surface area contributed by atoms with Crippen molar-refractivity contribution in [3.63, 3.8) is 0 Å². The fourth-order valence-electron chi connectivity index (χ4n) is 4.29. The lowest BCUT2D eigenvalue weighted by molar-refractivity contribution is 0.0914. The van der Waals surface area contributed by atoms with Gasteiger partial charge in [0.25, 0.3) is 5.91 Å². The van der Waals surface area contributed by atoms with Gasteiger partial charge in [0.15, 0.2) is 0 Å². The van der Waals surface area contributed by atoms with Gasteiger partial charge in [-0.15, -0.1) is 0 Å². The van der Waals surface area contributed by atoms with Crippen LogP contribution in [0.1, 0.15) is 55.6 Å². The van der Waals surface area contributed by atoms with E-state index in [0.717, 1.165) is 29.6 Å². The van der Waals surface area contributed by atoms with Crippen LogP contribution < -0.4 is 5.32 Å². The summed E-state index contributed by atoms with van der Waals surface area (Å²) in [6.45, 7) is 6.98. The van der Waals surface area contributed by atoms with Gasteiger partial charge >= 0.3 is 0 Å². The second-order valence-corrected chi connectivity index (χ2v) is 6.56. The van der Waals surface area contributed by atoms with Gasteiger partial charge in [-0.3, -0.25) is 9.48 Å². The molecule has 2 bridgehead atoms. The molecular weight excluding hydrogens is 250 g/mol. The molecule has 0 aliphatic heterocycles. The van der Waals surface area contributed by atoms with E-state index in [0.29, 0.717) is 5.92 Å². The van der Waals surface area contributed by atoms with Gasteiger partial charge < -0.3 is 5.32 Å². The number of amides is 1. The van der Waals surface area contributed by atoms with Crippen molar-refractivity contribution < 1.29 is 4.79 Å². The standard InChI is InChI=1S/C16H25N3O/c1-4-19-11(3)15(9-17-19)16(20)18-10(2)14-8-12-5-6-13(14)7-12/h9-10,12-14H,4-8H2,1-3H3,(H,18,20)/t10-,12-,13-,14-/m1/s1. The lowest BCUT2D eigenvalue weighted by Crippen LogP contribution is -2.40. The van der Waals surface area contributed by atoms with Gasteiger partial charge in [0.1, 0.15) is 0 Å². The summed E-state index contributed by atoms with van der Waals surface area (Å²) in [4.78, 5) is 12.4. The average molecular weight is 275 g/mol. The van der Waals surface area contributed by atoms with Crippen molar-refractivity contribution in [1.29, 1.82) is 0 Å². The third-order valence-corrected chi connectivity index (χ3v) is 5.44. The number of fused-ring (bicyclic) bond motifs is 2. The molecule has 3 rings (SSSR count). The van der Waals surface area contributed by atoms with Crippen molar-refractivity contribution in [2.24, 2.45) is 17.8 Å². The zero-order valence-corrected chi connectivity index (χ0v) is 12.7. The number of carbonyl (C=O) groups is 1. The lowest BCUT2D eigenvalue weighted by atomic mass is 9.84. The molecule has 110 valence electrons. The normalized spacial score (nSPS) is 29.6. The molecule has 0 saturated heterocycles. The summed E-state index contributed by atoms with van der Waals surface area (Å²) in [5, 5.41) is 7.46. The largest absolute Gasteiger partial charge is 0.349 e. The summed E-state index contributed by atoms with van der Waals surface area (Å²) < 4.78 is 1.87. The highest BCUT2D eigenvalue weighted by Crippen LogP contribution is 2.49. The molecule has 0 radical (unpaired) electrons. The minimum atomic E-state index is 0.0393. The maximum absolute atomic E-state index is 12.4. The van der Waals surface area contributed by atoms with E-state index >= 15 is 0 Å². The first-order valence-electron chi connectivity index (χ1n) is 7.93. The molecule has 2 saturated carbocycles. The number of aromatic nitrogens is 2. The van der Waals surface area contributed by atoms with Crippen LogP contribution in [-0.4, -0.2) is 21.7 Å². The predicted molar refractivity (Wildman–Crippen MR) is 78.5 cm³/mol. The number of nitrogens with zero attached hydrogens (tertiary/aromatic N) is 2. The number of carbonyl (C=O) groups excluding carboxylic acids is 1. The minimum absolute atomic E-state index is 0.0393. The fraction of sp³-hybridized carbons (Fsp3) is 0.750. The van der Waals surface area contributed by atoms with Crippen molar-refractivity contribution in [2.45, 2.75) is 59.0 Å². The van der Waals surface area contributed by atoms with Crippen LogP contribution in [0.25, 0.3) is 0 Å². The number of nitrogens with one attached hydrogen (secondary N) is 1. The van der Waals surface area contributed by atoms with Gasteiger partial charge in [0.05, 0.1) is 11.8 Å². The van der Waals surface area contributed by atoms with Gasteiger partial charge in [0.2, 0.25) is 0 Å². The molecule has 1 aromatic rings. The number of hydrogen-bond acceptors (Lipinski definition) is 2. The number of rotatable bonds is 4. The molecule has 20 heavy (non-hydrogen) atoms. The third-order valence-electron chi connectivity index (χ3n) is 5.44. The first-order chi connectivity index (χ1) is 9.60. The van der Waals surface area contributed by atoms with E-state index in [-0.39, 0.29) is 11.9 Å². The molecule has 4 heteroatoms. The van der Waals surface area contributed by atoms with E-state index in [1.165, 1.54) is 25.7 Å². The fourth-order valence-corrected chi connectivity index (χ4v) is 4.29. The zero-order valence-electron chi connectivity index (χ0n) is 12.7. The average Bonchev–Trinajstić information content (AvgIpc) is 3.12. The molecule has 1 N–H and O–H groups in total. The summed E-state index contributed by atoms with van der Waals surface area (Å²) in [7, 11) is 0. The van der Waals surface area contributed by atoms with E-state index in [2.05, 4.69) is 17.3 Å². The Hall–Kier alpha value is -1.32. The van der Waals surface area contributed by atoms with Crippen LogP contribution >= 0.6 is 0 Å². The summed E-state index contributed by atoms with van der Waals surface area (Å²) in [5.41, 5.74) is 1.69. The molecule has 2 fully saturated rings. The highest BCUT2D eigenvalue weighted by Gasteiger charge is 2.42. The van der Waals surface area contributed by atoms with Gasteiger partial charge in [-0.1, -0.05) is 6.42 Å².